The molecule has 0 heterocycles. The van der Waals surface area contributed by atoms with Crippen LogP contribution >= 0.6 is 0 Å². The van der Waals surface area contributed by atoms with Crippen LogP contribution in [-0.4, -0.2) is 0 Å². The van der Waals surface area contributed by atoms with E-state index < -0.39 is 5.54 Å². The van der Waals surface area contributed by atoms with Gasteiger partial charge in [-0.15, -0.1) is 0 Å². The van der Waals surface area contributed by atoms with Crippen LogP contribution in [0.25, 0.3) is 0 Å². The number of nitrogens with two attached hydrogens (primary N) is 1. The van der Waals surface area contributed by atoms with E-state index in [0.717, 1.165) is 0 Å². The predicted octanol–water partition coefficient (Wildman–Crippen LogP) is 3.50. The van der Waals surface area contributed by atoms with Gasteiger partial charge in [-0.2, -0.15) is 0 Å². The fourth-order valence-corrected chi connectivity index (χ4v) is 1.95. The van der Waals surface area contributed by atoms with E-state index in [0.29, 0.717) is 16.7 Å². The highest BCUT2D eigenvalue weighted by Crippen LogP contribution is 2.29. The summed E-state index contributed by atoms with van der Waals surface area (Å²) >= 11 is 0. The van der Waals surface area contributed by atoms with Crippen LogP contribution in [0.2, 0.25) is 0 Å². The summed E-state index contributed by atoms with van der Waals surface area (Å²) in [6.45, 7) is 3.35. The maximum absolute atomic E-state index is 13.8. The molecule has 0 radical (unpaired) electrons. The highest BCUT2D eigenvalue weighted by atomic mass is 19.1. The molecule has 0 aliphatic carbocycles. The van der Waals surface area contributed by atoms with E-state index >= 15 is 0 Å². The molecule has 0 saturated carbocycles. The molecule has 1 atom stereocenters. The Hall–Kier alpha value is -1.74. The summed E-state index contributed by atoms with van der Waals surface area (Å²) in [6, 6.07) is 11.0. The second-order valence-corrected chi connectivity index (χ2v) is 4.65. The van der Waals surface area contributed by atoms with E-state index in [1.807, 2.05) is 0 Å². The zero-order valence-corrected chi connectivity index (χ0v) is 10.4. The molecule has 3 heteroatoms. The topological polar surface area (TPSA) is 26.0 Å². The van der Waals surface area contributed by atoms with Gasteiger partial charge >= 0.3 is 0 Å². The fraction of sp³-hybridized carbons (Fsp3) is 0.200. The smallest absolute Gasteiger partial charge is 0.128 e. The van der Waals surface area contributed by atoms with Gasteiger partial charge < -0.3 is 5.73 Å². The molecule has 2 aromatic carbocycles. The van der Waals surface area contributed by atoms with Gasteiger partial charge in [0.05, 0.1) is 5.54 Å². The van der Waals surface area contributed by atoms with Gasteiger partial charge in [0.2, 0.25) is 0 Å². The van der Waals surface area contributed by atoms with Gasteiger partial charge in [-0.05, 0) is 37.1 Å². The van der Waals surface area contributed by atoms with Crippen molar-refractivity contribution in [3.63, 3.8) is 0 Å². The van der Waals surface area contributed by atoms with Crippen molar-refractivity contribution in [3.05, 3.63) is 70.8 Å². The third kappa shape index (κ3) is 2.14. The molecule has 1 nitrogen and oxygen atoms in total. The lowest BCUT2D eigenvalue weighted by Gasteiger charge is -2.26. The van der Waals surface area contributed by atoms with Crippen LogP contribution in [0.15, 0.2) is 42.5 Å². The maximum Gasteiger partial charge on any atom is 0.128 e. The van der Waals surface area contributed by atoms with Crippen molar-refractivity contribution in [2.75, 3.05) is 0 Å². The number of hydrogen-bond acceptors (Lipinski definition) is 1. The number of halogens is 2. The second-order valence-electron chi connectivity index (χ2n) is 4.65. The first-order chi connectivity index (χ1) is 8.43. The normalized spacial score (nSPS) is 14.3. The van der Waals surface area contributed by atoms with Crippen LogP contribution in [0.1, 0.15) is 23.6 Å². The molecule has 0 saturated heterocycles. The molecule has 18 heavy (non-hydrogen) atoms. The average Bonchev–Trinajstić information content (AvgIpc) is 2.33. The number of benzene rings is 2. The Morgan fingerprint density at radius 2 is 1.67 bits per heavy atom. The SMILES string of the molecule is Cc1ccc(C(C)(N)c2ccccc2F)cc1F. The average molecular weight is 247 g/mol. The molecule has 0 bridgehead atoms. The Morgan fingerprint density at radius 1 is 1.00 bits per heavy atom. The first-order valence-corrected chi connectivity index (χ1v) is 5.73. The minimum atomic E-state index is -1.06. The largest absolute Gasteiger partial charge is 0.318 e. The standard InChI is InChI=1S/C15H15F2N/c1-10-7-8-11(9-14(10)17)15(2,18)12-5-3-4-6-13(12)16/h3-9H,18H2,1-2H3. The van der Waals surface area contributed by atoms with Crippen molar-refractivity contribution >= 4 is 0 Å². The van der Waals surface area contributed by atoms with E-state index in [2.05, 4.69) is 0 Å². The van der Waals surface area contributed by atoms with E-state index in [4.69, 9.17) is 5.73 Å². The van der Waals surface area contributed by atoms with Crippen molar-refractivity contribution in [3.8, 4) is 0 Å². The van der Waals surface area contributed by atoms with Crippen molar-refractivity contribution in [2.45, 2.75) is 19.4 Å². The molecule has 2 N–H and O–H groups in total. The molecule has 94 valence electrons. The maximum atomic E-state index is 13.8. The Kier molecular flexibility index (Phi) is 3.18. The second kappa shape index (κ2) is 4.50. The Morgan fingerprint density at radius 3 is 2.28 bits per heavy atom. The van der Waals surface area contributed by atoms with Gasteiger partial charge in [0.15, 0.2) is 0 Å². The number of hydrogen-bond donors (Lipinski definition) is 1. The van der Waals surface area contributed by atoms with Crippen LogP contribution in [-0.2, 0) is 5.54 Å². The van der Waals surface area contributed by atoms with Gasteiger partial charge in [0.25, 0.3) is 0 Å². The molecule has 0 spiro atoms. The van der Waals surface area contributed by atoms with Crippen molar-refractivity contribution in [1.82, 2.24) is 0 Å². The van der Waals surface area contributed by atoms with Crippen LogP contribution in [0, 0.1) is 18.6 Å². The number of aryl methyl sites for hydroxylation is 1. The van der Waals surface area contributed by atoms with Gasteiger partial charge in [0.1, 0.15) is 11.6 Å². The molecule has 2 rings (SSSR count). The van der Waals surface area contributed by atoms with E-state index in [1.54, 1.807) is 44.2 Å². The highest BCUT2D eigenvalue weighted by Gasteiger charge is 2.27. The van der Waals surface area contributed by atoms with Gasteiger partial charge in [0, 0.05) is 5.56 Å². The first kappa shape index (κ1) is 12.7. The predicted molar refractivity (Wildman–Crippen MR) is 68.2 cm³/mol. The van der Waals surface area contributed by atoms with Gasteiger partial charge in [-0.1, -0.05) is 30.3 Å². The quantitative estimate of drug-likeness (QED) is 0.863. The Balaban J connectivity index is 2.54. The minimum absolute atomic E-state index is 0.333. The summed E-state index contributed by atoms with van der Waals surface area (Å²) in [5.74, 6) is -0.719. The molecule has 0 aromatic heterocycles. The molecular formula is C15H15F2N. The molecule has 0 aliphatic rings. The lowest BCUT2D eigenvalue weighted by Crippen LogP contribution is -2.35. The summed E-state index contributed by atoms with van der Waals surface area (Å²) in [7, 11) is 0. The molecule has 2 aromatic rings. The van der Waals surface area contributed by atoms with E-state index in [9.17, 15) is 8.78 Å². The first-order valence-electron chi connectivity index (χ1n) is 5.73. The summed E-state index contributed by atoms with van der Waals surface area (Å²) < 4.78 is 27.4. The van der Waals surface area contributed by atoms with E-state index in [-0.39, 0.29) is 11.6 Å². The summed E-state index contributed by atoms with van der Waals surface area (Å²) in [5, 5.41) is 0. The molecular weight excluding hydrogens is 232 g/mol. The monoisotopic (exact) mass is 247 g/mol. The summed E-state index contributed by atoms with van der Waals surface area (Å²) in [6.07, 6.45) is 0. The zero-order valence-electron chi connectivity index (χ0n) is 10.4. The fourth-order valence-electron chi connectivity index (χ4n) is 1.95. The number of rotatable bonds is 2. The van der Waals surface area contributed by atoms with Gasteiger partial charge in [-0.3, -0.25) is 0 Å². The minimum Gasteiger partial charge on any atom is -0.318 e. The van der Waals surface area contributed by atoms with Crippen molar-refractivity contribution in [1.29, 1.82) is 0 Å². The third-order valence-electron chi connectivity index (χ3n) is 3.20. The Labute approximate surface area is 105 Å². The third-order valence-corrected chi connectivity index (χ3v) is 3.20. The summed E-state index contributed by atoms with van der Waals surface area (Å²) in [4.78, 5) is 0. The van der Waals surface area contributed by atoms with Gasteiger partial charge in [-0.25, -0.2) is 8.78 Å². The highest BCUT2D eigenvalue weighted by molar-refractivity contribution is 5.39. The van der Waals surface area contributed by atoms with Crippen molar-refractivity contribution < 1.29 is 8.78 Å². The van der Waals surface area contributed by atoms with Crippen molar-refractivity contribution in [2.24, 2.45) is 5.73 Å². The molecule has 1 unspecified atom stereocenters. The summed E-state index contributed by atoms with van der Waals surface area (Å²) in [5.41, 5.74) is 6.57. The molecule has 0 aliphatic heterocycles. The lowest BCUT2D eigenvalue weighted by molar-refractivity contribution is 0.525. The Bertz CT molecular complexity index is 576. The van der Waals surface area contributed by atoms with Crippen LogP contribution in [0.3, 0.4) is 0 Å². The van der Waals surface area contributed by atoms with E-state index in [1.165, 1.54) is 12.1 Å². The van der Waals surface area contributed by atoms with Crippen LogP contribution in [0.4, 0.5) is 8.78 Å². The lowest BCUT2D eigenvalue weighted by atomic mass is 9.85. The van der Waals surface area contributed by atoms with Crippen LogP contribution in [0.5, 0.6) is 0 Å². The van der Waals surface area contributed by atoms with Crippen LogP contribution < -0.4 is 5.73 Å². The molecule has 0 fully saturated rings. The molecule has 0 amide bonds. The zero-order chi connectivity index (χ0) is 13.3.